The second-order valence-corrected chi connectivity index (χ2v) is 6.08. The lowest BCUT2D eigenvalue weighted by molar-refractivity contribution is 1.55. The van der Waals surface area contributed by atoms with E-state index < -0.39 is 0 Å². The van der Waals surface area contributed by atoms with Crippen LogP contribution in [0.4, 0.5) is 5.69 Å². The van der Waals surface area contributed by atoms with Crippen molar-refractivity contribution in [3.8, 4) is 0 Å². The molecule has 0 aliphatic rings. The Morgan fingerprint density at radius 2 is 1.23 bits per heavy atom. The zero-order chi connectivity index (χ0) is 14.8. The van der Waals surface area contributed by atoms with Crippen molar-refractivity contribution in [2.24, 2.45) is 0 Å². The molecule has 0 heterocycles. The number of fused-ring (bicyclic) bond motifs is 2. The van der Waals surface area contributed by atoms with Crippen molar-refractivity contribution in [2.75, 3.05) is 5.73 Å². The van der Waals surface area contributed by atoms with Crippen molar-refractivity contribution in [2.45, 2.75) is 6.92 Å². The number of benzene rings is 5. The Hall–Kier alpha value is -2.80. The smallest absolute Gasteiger partial charge is 0.0356 e. The van der Waals surface area contributed by atoms with E-state index in [4.69, 9.17) is 5.73 Å². The highest BCUT2D eigenvalue weighted by Gasteiger charge is 2.15. The average Bonchev–Trinajstić information content (AvgIpc) is 2.55. The highest BCUT2D eigenvalue weighted by molar-refractivity contribution is 6.34. The van der Waals surface area contributed by atoms with Crippen LogP contribution in [0.2, 0.25) is 0 Å². The topological polar surface area (TPSA) is 26.0 Å². The van der Waals surface area contributed by atoms with Gasteiger partial charge in [0.25, 0.3) is 0 Å². The predicted molar refractivity (Wildman–Crippen MR) is 96.8 cm³/mol. The molecule has 0 amide bonds. The third-order valence-corrected chi connectivity index (χ3v) is 4.93. The van der Waals surface area contributed by atoms with E-state index >= 15 is 0 Å². The van der Waals surface area contributed by atoms with Crippen LogP contribution in [-0.4, -0.2) is 0 Å². The van der Waals surface area contributed by atoms with Crippen molar-refractivity contribution in [1.29, 1.82) is 0 Å². The molecular formula is C21H15N. The summed E-state index contributed by atoms with van der Waals surface area (Å²) >= 11 is 0. The van der Waals surface area contributed by atoms with Gasteiger partial charge in [-0.3, -0.25) is 0 Å². The largest absolute Gasteiger partial charge is 0.398 e. The van der Waals surface area contributed by atoms with E-state index in [2.05, 4.69) is 67.6 Å². The Balaban J connectivity index is 2.31. The lowest BCUT2D eigenvalue weighted by Crippen LogP contribution is -1.94. The van der Waals surface area contributed by atoms with Crippen LogP contribution in [0.3, 0.4) is 0 Å². The van der Waals surface area contributed by atoms with E-state index in [1.54, 1.807) is 0 Å². The summed E-state index contributed by atoms with van der Waals surface area (Å²) in [6.07, 6.45) is 0. The lowest BCUT2D eigenvalue weighted by Gasteiger charge is -2.17. The molecule has 0 fully saturated rings. The summed E-state index contributed by atoms with van der Waals surface area (Å²) in [6, 6.07) is 21.7. The second-order valence-electron chi connectivity index (χ2n) is 6.08. The van der Waals surface area contributed by atoms with E-state index in [9.17, 15) is 0 Å². The Morgan fingerprint density at radius 1 is 0.636 bits per heavy atom. The molecule has 5 rings (SSSR count). The summed E-state index contributed by atoms with van der Waals surface area (Å²) in [5.41, 5.74) is 8.34. The second kappa shape index (κ2) is 3.89. The van der Waals surface area contributed by atoms with Gasteiger partial charge >= 0.3 is 0 Å². The van der Waals surface area contributed by atoms with Gasteiger partial charge in [-0.1, -0.05) is 54.6 Å². The minimum atomic E-state index is 0.871. The van der Waals surface area contributed by atoms with Gasteiger partial charge in [-0.15, -0.1) is 0 Å². The monoisotopic (exact) mass is 281 g/mol. The maximum Gasteiger partial charge on any atom is 0.0356 e. The normalized spacial score (nSPS) is 12.0. The van der Waals surface area contributed by atoms with Crippen LogP contribution in [-0.2, 0) is 0 Å². The minimum absolute atomic E-state index is 0.871. The summed E-state index contributed by atoms with van der Waals surface area (Å²) in [7, 11) is 0. The minimum Gasteiger partial charge on any atom is -0.398 e. The summed E-state index contributed by atoms with van der Waals surface area (Å²) in [6.45, 7) is 2.13. The van der Waals surface area contributed by atoms with E-state index in [0.29, 0.717) is 0 Å². The fourth-order valence-electron chi connectivity index (χ4n) is 3.91. The molecule has 0 bridgehead atoms. The highest BCUT2D eigenvalue weighted by Crippen LogP contribution is 2.42. The van der Waals surface area contributed by atoms with Crippen LogP contribution in [0.1, 0.15) is 5.56 Å². The molecule has 0 saturated heterocycles. The molecular weight excluding hydrogens is 266 g/mol. The molecule has 0 aliphatic heterocycles. The van der Waals surface area contributed by atoms with Gasteiger partial charge in [-0.25, -0.2) is 0 Å². The molecule has 5 aromatic rings. The van der Waals surface area contributed by atoms with Crippen LogP contribution in [0.15, 0.2) is 60.7 Å². The molecule has 0 aromatic heterocycles. The summed E-state index contributed by atoms with van der Waals surface area (Å²) in [4.78, 5) is 0. The first-order valence-electron chi connectivity index (χ1n) is 7.60. The molecule has 1 heteroatoms. The van der Waals surface area contributed by atoms with Crippen molar-refractivity contribution >= 4 is 48.8 Å². The molecule has 2 N–H and O–H groups in total. The van der Waals surface area contributed by atoms with E-state index in [1.807, 2.05) is 0 Å². The van der Waals surface area contributed by atoms with Crippen molar-refractivity contribution < 1.29 is 0 Å². The van der Waals surface area contributed by atoms with Crippen LogP contribution in [0, 0.1) is 6.92 Å². The van der Waals surface area contributed by atoms with Crippen molar-refractivity contribution in [3.05, 3.63) is 66.2 Å². The van der Waals surface area contributed by atoms with Crippen LogP contribution in [0.5, 0.6) is 0 Å². The van der Waals surface area contributed by atoms with Gasteiger partial charge in [-0.05, 0) is 61.6 Å². The third kappa shape index (κ3) is 1.29. The van der Waals surface area contributed by atoms with Gasteiger partial charge in [0.05, 0.1) is 0 Å². The fraction of sp³-hybridized carbons (Fsp3) is 0.0476. The van der Waals surface area contributed by atoms with Crippen LogP contribution < -0.4 is 5.73 Å². The zero-order valence-corrected chi connectivity index (χ0v) is 12.4. The standard InChI is InChI=1S/C21H15N/c1-12-18(22)11-14-7-4-9-16-15-8-2-5-13-6-3-10-17(20(13)15)19(12)21(14)16/h2-11H,22H2,1H3. The first-order valence-corrected chi connectivity index (χ1v) is 7.60. The molecule has 0 unspecified atom stereocenters. The van der Waals surface area contributed by atoms with Gasteiger partial charge in [0.15, 0.2) is 0 Å². The molecule has 104 valence electrons. The molecule has 0 atom stereocenters. The first kappa shape index (κ1) is 11.8. The molecule has 5 aromatic carbocycles. The number of hydrogen-bond donors (Lipinski definition) is 1. The Kier molecular flexibility index (Phi) is 2.09. The summed E-state index contributed by atoms with van der Waals surface area (Å²) < 4.78 is 0. The fourth-order valence-corrected chi connectivity index (χ4v) is 3.91. The Labute approximate surface area is 128 Å². The SMILES string of the molecule is Cc1c(N)cc2cccc3c4cccc5cccc(c1c23)c54. The van der Waals surface area contributed by atoms with Crippen LogP contribution in [0.25, 0.3) is 43.1 Å². The van der Waals surface area contributed by atoms with Gasteiger partial charge < -0.3 is 5.73 Å². The van der Waals surface area contributed by atoms with E-state index in [0.717, 1.165) is 5.69 Å². The maximum atomic E-state index is 6.28. The third-order valence-electron chi connectivity index (χ3n) is 4.93. The van der Waals surface area contributed by atoms with Crippen molar-refractivity contribution in [3.63, 3.8) is 0 Å². The Bertz CT molecular complexity index is 1180. The zero-order valence-electron chi connectivity index (χ0n) is 12.4. The van der Waals surface area contributed by atoms with Crippen molar-refractivity contribution in [1.82, 2.24) is 0 Å². The molecule has 0 radical (unpaired) electrons. The number of hydrogen-bond acceptors (Lipinski definition) is 1. The quantitative estimate of drug-likeness (QED) is 0.222. The highest BCUT2D eigenvalue weighted by atomic mass is 14.6. The van der Waals surface area contributed by atoms with Crippen LogP contribution >= 0.6 is 0 Å². The first-order chi connectivity index (χ1) is 10.8. The number of rotatable bonds is 0. The molecule has 0 saturated carbocycles. The molecule has 0 aliphatic carbocycles. The number of nitrogens with two attached hydrogens (primary N) is 1. The number of aryl methyl sites for hydroxylation is 1. The molecule has 0 spiro atoms. The average molecular weight is 281 g/mol. The predicted octanol–water partition coefficient (Wildman–Crippen LogP) is 5.63. The summed E-state index contributed by atoms with van der Waals surface area (Å²) in [5.74, 6) is 0. The van der Waals surface area contributed by atoms with Gasteiger partial charge in [0.2, 0.25) is 0 Å². The molecule has 1 nitrogen and oxygen atoms in total. The van der Waals surface area contributed by atoms with E-state index in [-0.39, 0.29) is 0 Å². The van der Waals surface area contributed by atoms with Gasteiger partial charge in [0, 0.05) is 5.69 Å². The number of anilines is 1. The summed E-state index contributed by atoms with van der Waals surface area (Å²) in [5, 5.41) is 10.5. The van der Waals surface area contributed by atoms with Gasteiger partial charge in [0.1, 0.15) is 0 Å². The van der Waals surface area contributed by atoms with Gasteiger partial charge in [-0.2, -0.15) is 0 Å². The van der Waals surface area contributed by atoms with E-state index in [1.165, 1.54) is 48.7 Å². The lowest BCUT2D eigenvalue weighted by atomic mass is 9.87. The molecule has 22 heavy (non-hydrogen) atoms. The Morgan fingerprint density at radius 3 is 1.95 bits per heavy atom. The maximum absolute atomic E-state index is 6.28. The number of nitrogen functional groups attached to an aromatic ring is 1.